The predicted molar refractivity (Wildman–Crippen MR) is 166 cm³/mol. The van der Waals surface area contributed by atoms with Crippen LogP contribution in [0.1, 0.15) is 73.0 Å². The van der Waals surface area contributed by atoms with E-state index in [-0.39, 0.29) is 0 Å². The lowest BCUT2D eigenvalue weighted by Gasteiger charge is -2.16. The Balaban J connectivity index is 1.72. The number of fused-ring (bicyclic) bond motifs is 1. The minimum Gasteiger partial charge on any atom is -0.254 e. The molecule has 0 radical (unpaired) electrons. The van der Waals surface area contributed by atoms with E-state index in [0.29, 0.717) is 11.8 Å². The van der Waals surface area contributed by atoms with Gasteiger partial charge in [-0.1, -0.05) is 113 Å². The number of aryl methyl sites for hydroxylation is 2. The van der Waals surface area contributed by atoms with Gasteiger partial charge in [0.05, 0.1) is 23.1 Å². The molecule has 0 fully saturated rings. The molecular formula is C35H36N4. The van der Waals surface area contributed by atoms with E-state index in [9.17, 15) is 0 Å². The molecule has 0 unspecified atom stereocenters. The Hall–Kier alpha value is -4.31. The summed E-state index contributed by atoms with van der Waals surface area (Å²) in [5.41, 5.74) is 9.61. The molecule has 0 amide bonds. The second kappa shape index (κ2) is 11.2. The van der Waals surface area contributed by atoms with Crippen LogP contribution in [-0.2, 0) is 0 Å². The second-order valence-corrected chi connectivity index (χ2v) is 10.7. The smallest absolute Gasteiger partial charge is 0.161 e. The van der Waals surface area contributed by atoms with Gasteiger partial charge in [0, 0.05) is 10.9 Å². The van der Waals surface area contributed by atoms with Gasteiger partial charge >= 0.3 is 0 Å². The van der Waals surface area contributed by atoms with Crippen LogP contribution in [0.15, 0.2) is 101 Å². The predicted octanol–water partition coefficient (Wildman–Crippen LogP) is 9.28. The van der Waals surface area contributed by atoms with Crippen molar-refractivity contribution in [3.63, 3.8) is 0 Å². The van der Waals surface area contributed by atoms with Crippen molar-refractivity contribution in [3.8, 4) is 0 Å². The van der Waals surface area contributed by atoms with Gasteiger partial charge in [-0.3, -0.25) is 4.99 Å². The lowest BCUT2D eigenvalue weighted by Crippen LogP contribution is -2.15. The summed E-state index contributed by atoms with van der Waals surface area (Å²) in [7, 11) is 0. The van der Waals surface area contributed by atoms with Crippen LogP contribution < -0.4 is 0 Å². The molecule has 0 aliphatic heterocycles. The summed E-state index contributed by atoms with van der Waals surface area (Å²) in [6.45, 7) is 13.1. The second-order valence-electron chi connectivity index (χ2n) is 10.7. The van der Waals surface area contributed by atoms with Gasteiger partial charge in [-0.05, 0) is 54.0 Å². The van der Waals surface area contributed by atoms with E-state index >= 15 is 0 Å². The molecule has 5 aromatic rings. The van der Waals surface area contributed by atoms with Gasteiger partial charge in [-0.15, -0.1) is 0 Å². The average molecular weight is 513 g/mol. The Bertz CT molecular complexity index is 1620. The lowest BCUT2D eigenvalue weighted by atomic mass is 9.93. The summed E-state index contributed by atoms with van der Waals surface area (Å²) in [5, 5.41) is 6.16. The molecule has 0 saturated carbocycles. The van der Waals surface area contributed by atoms with Crippen LogP contribution in [-0.4, -0.2) is 21.8 Å². The highest BCUT2D eigenvalue weighted by Crippen LogP contribution is 2.35. The molecule has 1 aromatic heterocycles. The van der Waals surface area contributed by atoms with Crippen LogP contribution >= 0.6 is 0 Å². The maximum absolute atomic E-state index is 5.23. The van der Waals surface area contributed by atoms with Gasteiger partial charge in [0.15, 0.2) is 5.84 Å². The summed E-state index contributed by atoms with van der Waals surface area (Å²) in [5.74, 6) is 1.54. The molecule has 196 valence electrons. The highest BCUT2D eigenvalue weighted by atomic mass is 15.3. The summed E-state index contributed by atoms with van der Waals surface area (Å²) < 4.78 is 1.97. The maximum Gasteiger partial charge on any atom is 0.161 e. The molecule has 0 aliphatic rings. The average Bonchev–Trinajstić information content (AvgIpc) is 3.30. The SMILES string of the molecule is Cc1cccc(C)c1N=C(c1ccccc1)n1nc(C=Nc2c(C(C)C)cccc2C(C)C)c2ccccc21. The van der Waals surface area contributed by atoms with E-state index in [0.717, 1.165) is 50.5 Å². The van der Waals surface area contributed by atoms with Gasteiger partial charge < -0.3 is 0 Å². The quantitative estimate of drug-likeness (QED) is 0.165. The Morgan fingerprint density at radius 2 is 1.28 bits per heavy atom. The van der Waals surface area contributed by atoms with Gasteiger partial charge in [0.25, 0.3) is 0 Å². The highest BCUT2D eigenvalue weighted by molar-refractivity contribution is 6.08. The standard InChI is InChI=1S/C35H36N4/c1-23(2)28-19-13-20-29(24(3)4)34(28)36-22-31-30-18-10-11-21-32(30)39(38-31)35(27-16-8-7-9-17-27)37-33-25(5)14-12-15-26(33)6/h7-24H,1-6H3. The summed E-state index contributed by atoms with van der Waals surface area (Å²) in [6.07, 6.45) is 1.92. The first-order valence-corrected chi connectivity index (χ1v) is 13.7. The van der Waals surface area contributed by atoms with E-state index in [1.165, 1.54) is 11.1 Å². The Morgan fingerprint density at radius 1 is 0.692 bits per heavy atom. The Labute approximate surface area is 231 Å². The molecule has 0 bridgehead atoms. The number of rotatable bonds is 6. The molecule has 0 N–H and O–H groups in total. The Morgan fingerprint density at radius 3 is 1.92 bits per heavy atom. The fourth-order valence-electron chi connectivity index (χ4n) is 5.04. The van der Waals surface area contributed by atoms with E-state index in [1.807, 2.05) is 35.2 Å². The number of benzene rings is 4. The monoisotopic (exact) mass is 512 g/mol. The first-order chi connectivity index (χ1) is 18.8. The molecule has 4 heteroatoms. The van der Waals surface area contributed by atoms with E-state index in [1.54, 1.807) is 0 Å². The highest BCUT2D eigenvalue weighted by Gasteiger charge is 2.17. The molecule has 1 heterocycles. The zero-order chi connectivity index (χ0) is 27.5. The fourth-order valence-corrected chi connectivity index (χ4v) is 5.04. The fraction of sp³-hybridized carbons (Fsp3) is 0.229. The third-order valence-corrected chi connectivity index (χ3v) is 7.16. The minimum absolute atomic E-state index is 0.374. The van der Waals surface area contributed by atoms with E-state index < -0.39 is 0 Å². The van der Waals surface area contributed by atoms with E-state index in [2.05, 4.69) is 108 Å². The van der Waals surface area contributed by atoms with Crippen molar-refractivity contribution in [1.29, 1.82) is 0 Å². The zero-order valence-electron chi connectivity index (χ0n) is 23.7. The third kappa shape index (κ3) is 5.33. The van der Waals surface area contributed by atoms with Crippen LogP contribution in [0.5, 0.6) is 0 Å². The molecule has 0 atom stereocenters. The molecule has 0 spiro atoms. The summed E-state index contributed by atoms with van der Waals surface area (Å²) >= 11 is 0. The molecular weight excluding hydrogens is 476 g/mol. The number of hydrogen-bond donors (Lipinski definition) is 0. The number of para-hydroxylation sites is 3. The molecule has 4 nitrogen and oxygen atoms in total. The molecule has 39 heavy (non-hydrogen) atoms. The number of aliphatic imine (C=N–C) groups is 2. The number of nitrogens with zero attached hydrogens (tertiary/aromatic N) is 4. The normalized spacial score (nSPS) is 12.4. The van der Waals surface area contributed by atoms with Crippen molar-refractivity contribution in [1.82, 2.24) is 9.78 Å². The summed E-state index contributed by atoms with van der Waals surface area (Å²) in [4.78, 5) is 10.3. The van der Waals surface area contributed by atoms with Gasteiger partial charge in [0.2, 0.25) is 0 Å². The third-order valence-electron chi connectivity index (χ3n) is 7.16. The topological polar surface area (TPSA) is 42.5 Å². The van der Waals surface area contributed by atoms with Crippen molar-refractivity contribution in [2.75, 3.05) is 0 Å². The van der Waals surface area contributed by atoms with Crippen LogP contribution in [0.3, 0.4) is 0 Å². The summed E-state index contributed by atoms with van der Waals surface area (Å²) in [6, 6.07) is 31.4. The number of aromatic nitrogens is 2. The van der Waals surface area contributed by atoms with Crippen molar-refractivity contribution < 1.29 is 0 Å². The van der Waals surface area contributed by atoms with Crippen LogP contribution in [0.25, 0.3) is 10.9 Å². The Kier molecular flexibility index (Phi) is 7.56. The molecule has 4 aromatic carbocycles. The van der Waals surface area contributed by atoms with Crippen molar-refractivity contribution >= 4 is 34.3 Å². The zero-order valence-corrected chi connectivity index (χ0v) is 23.7. The first kappa shape index (κ1) is 26.3. The van der Waals surface area contributed by atoms with Gasteiger partial charge in [-0.25, -0.2) is 9.67 Å². The van der Waals surface area contributed by atoms with Crippen LogP contribution in [0, 0.1) is 13.8 Å². The minimum atomic E-state index is 0.374. The lowest BCUT2D eigenvalue weighted by molar-refractivity contribution is 0.835. The van der Waals surface area contributed by atoms with Crippen molar-refractivity contribution in [2.45, 2.75) is 53.4 Å². The maximum atomic E-state index is 5.23. The first-order valence-electron chi connectivity index (χ1n) is 13.7. The van der Waals surface area contributed by atoms with E-state index in [4.69, 9.17) is 15.1 Å². The van der Waals surface area contributed by atoms with Crippen molar-refractivity contribution in [3.05, 3.63) is 125 Å². The van der Waals surface area contributed by atoms with Crippen molar-refractivity contribution in [2.24, 2.45) is 9.98 Å². The van der Waals surface area contributed by atoms with Gasteiger partial charge in [-0.2, -0.15) is 5.10 Å². The largest absolute Gasteiger partial charge is 0.254 e. The van der Waals surface area contributed by atoms with Crippen LogP contribution in [0.4, 0.5) is 11.4 Å². The molecule has 0 aliphatic carbocycles. The van der Waals surface area contributed by atoms with Crippen LogP contribution in [0.2, 0.25) is 0 Å². The molecule has 5 rings (SSSR count). The van der Waals surface area contributed by atoms with Gasteiger partial charge in [0.1, 0.15) is 5.69 Å². The number of hydrogen-bond acceptors (Lipinski definition) is 3. The molecule has 0 saturated heterocycles.